The van der Waals surface area contributed by atoms with Gasteiger partial charge in [0.2, 0.25) is 5.95 Å². The summed E-state index contributed by atoms with van der Waals surface area (Å²) in [7, 11) is 0. The Bertz CT molecular complexity index is 498. The van der Waals surface area contributed by atoms with Gasteiger partial charge in [-0.15, -0.1) is 11.3 Å². The van der Waals surface area contributed by atoms with E-state index in [-0.39, 0.29) is 12.6 Å². The minimum Gasteiger partial charge on any atom is -0.394 e. The smallest absolute Gasteiger partial charge is 0.223 e. The van der Waals surface area contributed by atoms with Crippen molar-refractivity contribution in [3.63, 3.8) is 0 Å². The molecule has 0 amide bonds. The van der Waals surface area contributed by atoms with E-state index < -0.39 is 0 Å². The number of hydrogen-bond acceptors (Lipinski definition) is 5. The number of aliphatic hydroxyl groups is 1. The zero-order valence-electron chi connectivity index (χ0n) is 9.84. The molecule has 0 radical (unpaired) electrons. The van der Waals surface area contributed by atoms with Crippen LogP contribution in [0.15, 0.2) is 24.4 Å². The Kier molecular flexibility index (Phi) is 3.71. The lowest BCUT2D eigenvalue weighted by molar-refractivity contribution is 0.281. The maximum absolute atomic E-state index is 8.97. The average Bonchev–Trinajstić information content (AvgIpc) is 2.76. The van der Waals surface area contributed by atoms with E-state index in [9.17, 15) is 0 Å². The van der Waals surface area contributed by atoms with Gasteiger partial charge < -0.3 is 10.4 Å². The first-order valence-electron chi connectivity index (χ1n) is 5.46. The molecule has 0 saturated carbocycles. The van der Waals surface area contributed by atoms with Crippen LogP contribution >= 0.6 is 11.3 Å². The maximum Gasteiger partial charge on any atom is 0.223 e. The Morgan fingerprint density at radius 3 is 2.88 bits per heavy atom. The van der Waals surface area contributed by atoms with Gasteiger partial charge in [-0.1, -0.05) is 0 Å². The predicted octanol–water partition coefficient (Wildman–Crippen LogP) is 2.31. The SMILES string of the molecule is Cc1ccc(-c2ccnc(NC(C)CO)n2)s1. The number of aromatic nitrogens is 2. The Hall–Kier alpha value is -1.46. The highest BCUT2D eigenvalue weighted by molar-refractivity contribution is 7.15. The third-order valence-corrected chi connectivity index (χ3v) is 3.32. The fourth-order valence-corrected chi connectivity index (χ4v) is 2.24. The van der Waals surface area contributed by atoms with E-state index in [1.807, 2.05) is 13.0 Å². The molecule has 1 atom stereocenters. The second-order valence-electron chi connectivity index (χ2n) is 3.90. The van der Waals surface area contributed by atoms with Gasteiger partial charge in [0.15, 0.2) is 0 Å². The fourth-order valence-electron chi connectivity index (χ4n) is 1.40. The molecule has 2 rings (SSSR count). The molecule has 0 saturated heterocycles. The number of thiophene rings is 1. The van der Waals surface area contributed by atoms with Crippen molar-refractivity contribution in [2.45, 2.75) is 19.9 Å². The van der Waals surface area contributed by atoms with Crippen LogP contribution in [0.2, 0.25) is 0 Å². The molecule has 2 N–H and O–H groups in total. The summed E-state index contributed by atoms with van der Waals surface area (Å²) < 4.78 is 0. The molecular weight excluding hydrogens is 234 g/mol. The summed E-state index contributed by atoms with van der Waals surface area (Å²) in [5.74, 6) is 0.551. The van der Waals surface area contributed by atoms with Gasteiger partial charge in [0.25, 0.3) is 0 Å². The zero-order valence-corrected chi connectivity index (χ0v) is 10.7. The number of rotatable bonds is 4. The minimum absolute atomic E-state index is 0.0460. The van der Waals surface area contributed by atoms with Crippen molar-refractivity contribution in [3.05, 3.63) is 29.3 Å². The lowest BCUT2D eigenvalue weighted by Crippen LogP contribution is -2.20. The summed E-state index contributed by atoms with van der Waals surface area (Å²) in [5, 5.41) is 12.0. The predicted molar refractivity (Wildman–Crippen MR) is 70.3 cm³/mol. The molecule has 1 unspecified atom stereocenters. The molecule has 0 aliphatic heterocycles. The molecule has 90 valence electrons. The van der Waals surface area contributed by atoms with Crippen LogP contribution in [0.3, 0.4) is 0 Å². The lowest BCUT2D eigenvalue weighted by Gasteiger charge is -2.10. The molecule has 0 fully saturated rings. The molecule has 4 nitrogen and oxygen atoms in total. The van der Waals surface area contributed by atoms with Crippen LogP contribution < -0.4 is 5.32 Å². The number of hydrogen-bond donors (Lipinski definition) is 2. The van der Waals surface area contributed by atoms with E-state index in [1.54, 1.807) is 17.5 Å². The highest BCUT2D eigenvalue weighted by Crippen LogP contribution is 2.26. The van der Waals surface area contributed by atoms with Crippen LogP contribution in [0.4, 0.5) is 5.95 Å². The summed E-state index contributed by atoms with van der Waals surface area (Å²) >= 11 is 1.71. The minimum atomic E-state index is -0.0460. The molecule has 0 bridgehead atoms. The topological polar surface area (TPSA) is 58.0 Å². The Labute approximate surface area is 104 Å². The monoisotopic (exact) mass is 249 g/mol. The normalized spacial score (nSPS) is 12.4. The molecule has 5 heteroatoms. The first kappa shape index (κ1) is 12.0. The second-order valence-corrected chi connectivity index (χ2v) is 5.19. The zero-order chi connectivity index (χ0) is 12.3. The molecule has 0 aromatic carbocycles. The molecule has 2 heterocycles. The van der Waals surface area contributed by atoms with Crippen molar-refractivity contribution in [3.8, 4) is 10.6 Å². The molecule has 17 heavy (non-hydrogen) atoms. The van der Waals surface area contributed by atoms with Gasteiger partial charge in [-0.2, -0.15) is 0 Å². The Morgan fingerprint density at radius 1 is 1.41 bits per heavy atom. The van der Waals surface area contributed by atoms with Crippen molar-refractivity contribution in [1.29, 1.82) is 0 Å². The summed E-state index contributed by atoms with van der Waals surface area (Å²) in [6.45, 7) is 4.01. The van der Waals surface area contributed by atoms with Crippen molar-refractivity contribution in [1.82, 2.24) is 9.97 Å². The molecule has 2 aromatic heterocycles. The standard InChI is InChI=1S/C12H15N3OS/c1-8(7-16)14-12-13-6-5-10(15-12)11-4-3-9(2)17-11/h3-6,8,16H,7H2,1-2H3,(H,13,14,15). The second kappa shape index (κ2) is 5.25. The number of nitrogens with zero attached hydrogens (tertiary/aromatic N) is 2. The third-order valence-electron chi connectivity index (χ3n) is 2.30. The number of nitrogens with one attached hydrogen (secondary N) is 1. The largest absolute Gasteiger partial charge is 0.394 e. The van der Waals surface area contributed by atoms with E-state index in [4.69, 9.17) is 5.11 Å². The fraction of sp³-hybridized carbons (Fsp3) is 0.333. The highest BCUT2D eigenvalue weighted by atomic mass is 32.1. The summed E-state index contributed by atoms with van der Waals surface area (Å²) in [5.41, 5.74) is 0.908. The van der Waals surface area contributed by atoms with E-state index in [0.717, 1.165) is 10.6 Å². The first-order valence-corrected chi connectivity index (χ1v) is 6.28. The van der Waals surface area contributed by atoms with Crippen molar-refractivity contribution >= 4 is 17.3 Å². The van der Waals surface area contributed by atoms with Gasteiger partial charge in [-0.25, -0.2) is 9.97 Å². The van der Waals surface area contributed by atoms with Crippen LogP contribution in [-0.2, 0) is 0 Å². The van der Waals surface area contributed by atoms with E-state index in [1.165, 1.54) is 4.88 Å². The van der Waals surface area contributed by atoms with E-state index in [0.29, 0.717) is 5.95 Å². The van der Waals surface area contributed by atoms with Crippen molar-refractivity contribution in [2.24, 2.45) is 0 Å². The van der Waals surface area contributed by atoms with Crippen LogP contribution in [0.25, 0.3) is 10.6 Å². The number of aryl methyl sites for hydroxylation is 1. The highest BCUT2D eigenvalue weighted by Gasteiger charge is 2.06. The number of aliphatic hydroxyl groups excluding tert-OH is 1. The summed E-state index contributed by atoms with van der Waals surface area (Å²) in [4.78, 5) is 10.9. The van der Waals surface area contributed by atoms with Gasteiger partial charge in [0.1, 0.15) is 0 Å². The van der Waals surface area contributed by atoms with E-state index in [2.05, 4.69) is 34.3 Å². The van der Waals surface area contributed by atoms with Crippen LogP contribution in [0, 0.1) is 6.92 Å². The molecule has 0 spiro atoms. The molecule has 2 aromatic rings. The average molecular weight is 249 g/mol. The molecule has 0 aliphatic rings. The van der Waals surface area contributed by atoms with Gasteiger partial charge in [0.05, 0.1) is 17.2 Å². The van der Waals surface area contributed by atoms with Gasteiger partial charge in [-0.05, 0) is 32.0 Å². The summed E-state index contributed by atoms with van der Waals surface area (Å²) in [6, 6.07) is 5.98. The summed E-state index contributed by atoms with van der Waals surface area (Å²) in [6.07, 6.45) is 1.73. The van der Waals surface area contributed by atoms with Crippen LogP contribution in [0.1, 0.15) is 11.8 Å². The Morgan fingerprint density at radius 2 is 2.24 bits per heavy atom. The van der Waals surface area contributed by atoms with Gasteiger partial charge in [-0.3, -0.25) is 0 Å². The van der Waals surface area contributed by atoms with Crippen molar-refractivity contribution in [2.75, 3.05) is 11.9 Å². The van der Waals surface area contributed by atoms with Crippen LogP contribution in [-0.4, -0.2) is 27.7 Å². The third kappa shape index (κ3) is 3.01. The van der Waals surface area contributed by atoms with Crippen LogP contribution in [0.5, 0.6) is 0 Å². The first-order chi connectivity index (χ1) is 8.19. The van der Waals surface area contributed by atoms with Gasteiger partial charge in [0, 0.05) is 17.1 Å². The quantitative estimate of drug-likeness (QED) is 0.873. The van der Waals surface area contributed by atoms with Crippen molar-refractivity contribution < 1.29 is 5.11 Å². The molecular formula is C12H15N3OS. The lowest BCUT2D eigenvalue weighted by atomic mass is 10.3. The van der Waals surface area contributed by atoms with E-state index >= 15 is 0 Å². The number of anilines is 1. The van der Waals surface area contributed by atoms with Gasteiger partial charge >= 0.3 is 0 Å². The maximum atomic E-state index is 8.97. The Balaban J connectivity index is 2.22. The molecule has 0 aliphatic carbocycles.